The second-order valence-corrected chi connectivity index (χ2v) is 7.04. The van der Waals surface area contributed by atoms with Crippen molar-refractivity contribution in [3.05, 3.63) is 0 Å². The van der Waals surface area contributed by atoms with Gasteiger partial charge in [0.25, 0.3) is 20.2 Å². The maximum absolute atomic E-state index is 10.2. The first-order valence-electron chi connectivity index (χ1n) is 5.28. The molecule has 26 heavy (non-hydrogen) atoms. The van der Waals surface area contributed by atoms with Gasteiger partial charge >= 0.3 is 71.1 Å². The molecule has 0 saturated heterocycles. The van der Waals surface area contributed by atoms with Crippen LogP contribution in [0.15, 0.2) is 0 Å². The number of rotatable bonds is 8. The number of carboxylic acids is 4. The Kier molecular flexibility index (Phi) is 17.7. The van der Waals surface area contributed by atoms with E-state index >= 15 is 0 Å². The van der Waals surface area contributed by atoms with Crippen LogP contribution in [0.5, 0.6) is 0 Å². The summed E-state index contributed by atoms with van der Waals surface area (Å²) in [5.74, 6) is -7.58. The Balaban J connectivity index is -0.000000173. The molecular formula is C8H10Na2O14S2. The summed E-state index contributed by atoms with van der Waals surface area (Å²) in [6.45, 7) is 0. The molecule has 0 aliphatic carbocycles. The van der Waals surface area contributed by atoms with Gasteiger partial charge in [0.05, 0.1) is 12.4 Å². The molecular weight excluding hydrogens is 430 g/mol. The van der Waals surface area contributed by atoms with Crippen LogP contribution in [0.25, 0.3) is 0 Å². The second-order valence-electron chi connectivity index (χ2n) is 3.84. The molecule has 18 heteroatoms. The largest absolute Gasteiger partial charge is 1.00 e. The zero-order chi connectivity index (χ0) is 19.9. The number of carbonyl (C=O) groups is 4. The van der Waals surface area contributed by atoms with Gasteiger partial charge in [-0.2, -0.15) is 16.8 Å². The Bertz CT molecular complexity index is 649. The molecule has 14 nitrogen and oxygen atoms in total. The molecule has 0 fully saturated rings. The summed E-state index contributed by atoms with van der Waals surface area (Å²) < 4.78 is 57.1. The van der Waals surface area contributed by atoms with Crippen molar-refractivity contribution < 1.29 is 125 Å². The second kappa shape index (κ2) is 13.8. The van der Waals surface area contributed by atoms with Crippen LogP contribution in [0.3, 0.4) is 0 Å². The van der Waals surface area contributed by atoms with E-state index in [1.165, 1.54) is 0 Å². The first kappa shape index (κ1) is 33.3. The number of carbonyl (C=O) groups excluding carboxylic acids is 2. The molecule has 2 atom stereocenters. The van der Waals surface area contributed by atoms with Gasteiger partial charge in [0.15, 0.2) is 5.25 Å². The Labute approximate surface area is 190 Å². The van der Waals surface area contributed by atoms with Crippen molar-refractivity contribution in [2.45, 2.75) is 23.3 Å². The molecule has 4 N–H and O–H groups in total. The van der Waals surface area contributed by atoms with Gasteiger partial charge in [-0.05, 0) is 0 Å². The van der Waals surface area contributed by atoms with E-state index in [9.17, 15) is 46.2 Å². The predicted octanol–water partition coefficient (Wildman–Crippen LogP) is -11.1. The van der Waals surface area contributed by atoms with Gasteiger partial charge in [-0.1, -0.05) is 0 Å². The maximum atomic E-state index is 10.2. The Hall–Kier alpha value is -0.300. The fourth-order valence-corrected chi connectivity index (χ4v) is 2.14. The van der Waals surface area contributed by atoms with E-state index in [1.54, 1.807) is 0 Å². The molecule has 0 aromatic heterocycles. The van der Waals surface area contributed by atoms with Gasteiger partial charge in [0, 0.05) is 12.4 Å². The number of hydrogen-bond acceptors (Lipinski definition) is 10. The average Bonchev–Trinajstić information content (AvgIpc) is 2.30. The number of hydrogen-bond donors (Lipinski definition) is 4. The molecule has 0 spiro atoms. The third kappa shape index (κ3) is 15.9. The third-order valence-electron chi connectivity index (χ3n) is 1.97. The van der Waals surface area contributed by atoms with Crippen LogP contribution in [0, 0.1) is 0 Å². The SMILES string of the molecule is O=C(O)CC(C(=O)O)S(=O)(=O)O.O=C([O-])CC(C(=O)[O-])S(=O)(=O)O.[Na+].[Na+]. The van der Waals surface area contributed by atoms with Crippen LogP contribution >= 0.6 is 0 Å². The molecule has 0 saturated carbocycles. The minimum Gasteiger partial charge on any atom is -0.550 e. The minimum atomic E-state index is -4.94. The molecule has 0 aliphatic heterocycles. The van der Waals surface area contributed by atoms with Gasteiger partial charge in [-0.25, -0.2) is 0 Å². The van der Waals surface area contributed by atoms with E-state index in [-0.39, 0.29) is 59.1 Å². The van der Waals surface area contributed by atoms with Crippen LogP contribution in [0.4, 0.5) is 0 Å². The van der Waals surface area contributed by atoms with Crippen molar-refractivity contribution >= 4 is 44.1 Å². The van der Waals surface area contributed by atoms with Crippen LogP contribution in [-0.2, 0) is 39.4 Å². The molecule has 0 heterocycles. The average molecular weight is 440 g/mol. The van der Waals surface area contributed by atoms with E-state index in [2.05, 4.69) is 0 Å². The van der Waals surface area contributed by atoms with E-state index in [0.717, 1.165) is 0 Å². The van der Waals surface area contributed by atoms with Crippen molar-refractivity contribution in [2.24, 2.45) is 0 Å². The molecule has 0 aromatic carbocycles. The van der Waals surface area contributed by atoms with Crippen molar-refractivity contribution in [3.8, 4) is 0 Å². The standard InChI is InChI=1S/2C4H6O7S.2Na/c2*5-3(6)1-2(4(7)8)12(9,10)11;;/h2*2H,1H2,(H,5,6)(H,7,8)(H,9,10,11);;/q;;2*+1/p-2. The van der Waals surface area contributed by atoms with E-state index < -0.39 is 67.5 Å². The molecule has 0 aliphatic rings. The topological polar surface area (TPSA) is 264 Å². The van der Waals surface area contributed by atoms with E-state index in [4.69, 9.17) is 19.3 Å². The van der Waals surface area contributed by atoms with Gasteiger partial charge in [0.1, 0.15) is 5.25 Å². The van der Waals surface area contributed by atoms with Crippen LogP contribution in [0.2, 0.25) is 0 Å². The van der Waals surface area contributed by atoms with Crippen molar-refractivity contribution in [1.82, 2.24) is 0 Å². The maximum Gasteiger partial charge on any atom is 1.00 e. The predicted molar refractivity (Wildman–Crippen MR) is 65.2 cm³/mol. The Morgan fingerprint density at radius 3 is 1.19 bits per heavy atom. The summed E-state index contributed by atoms with van der Waals surface area (Å²) in [6, 6.07) is 0. The summed E-state index contributed by atoms with van der Waals surface area (Å²) in [7, 11) is -9.78. The zero-order valence-electron chi connectivity index (χ0n) is 13.3. The molecule has 0 radical (unpaired) electrons. The summed E-state index contributed by atoms with van der Waals surface area (Å²) in [6.07, 6.45) is -2.49. The Morgan fingerprint density at radius 2 is 1.12 bits per heavy atom. The minimum absolute atomic E-state index is 0. The van der Waals surface area contributed by atoms with E-state index in [1.807, 2.05) is 0 Å². The number of aliphatic carboxylic acids is 4. The monoisotopic (exact) mass is 440 g/mol. The van der Waals surface area contributed by atoms with Gasteiger partial charge < -0.3 is 30.0 Å². The summed E-state index contributed by atoms with van der Waals surface area (Å²) >= 11 is 0. The summed E-state index contributed by atoms with van der Waals surface area (Å²) in [4.78, 5) is 39.7. The Morgan fingerprint density at radius 1 is 0.769 bits per heavy atom. The normalized spacial score (nSPS) is 12.7. The van der Waals surface area contributed by atoms with Crippen molar-refractivity contribution in [2.75, 3.05) is 0 Å². The third-order valence-corrected chi connectivity index (χ3v) is 4.14. The molecule has 140 valence electrons. The van der Waals surface area contributed by atoms with Crippen molar-refractivity contribution in [1.29, 1.82) is 0 Å². The first-order valence-corrected chi connectivity index (χ1v) is 8.28. The summed E-state index contributed by atoms with van der Waals surface area (Å²) in [5.41, 5.74) is 0. The quantitative estimate of drug-likeness (QED) is 0.202. The van der Waals surface area contributed by atoms with Crippen LogP contribution in [-0.4, -0.2) is 70.5 Å². The van der Waals surface area contributed by atoms with Crippen LogP contribution in [0.1, 0.15) is 12.8 Å². The van der Waals surface area contributed by atoms with Gasteiger partial charge in [-0.3, -0.25) is 18.7 Å². The molecule has 0 rings (SSSR count). The van der Waals surface area contributed by atoms with Crippen LogP contribution < -0.4 is 69.3 Å². The molecule has 0 aromatic rings. The fraction of sp³-hybridized carbons (Fsp3) is 0.500. The summed E-state index contributed by atoms with van der Waals surface area (Å²) in [5, 5.41) is 31.2. The molecule has 0 bridgehead atoms. The molecule has 2 unspecified atom stereocenters. The first-order chi connectivity index (χ1) is 10.5. The number of carboxylic acid groups (broad SMARTS) is 4. The van der Waals surface area contributed by atoms with Gasteiger partial charge in [-0.15, -0.1) is 0 Å². The fourth-order valence-electron chi connectivity index (χ4n) is 0.940. The van der Waals surface area contributed by atoms with E-state index in [0.29, 0.717) is 0 Å². The zero-order valence-corrected chi connectivity index (χ0v) is 18.9. The molecule has 0 amide bonds. The van der Waals surface area contributed by atoms with Crippen molar-refractivity contribution in [3.63, 3.8) is 0 Å². The smallest absolute Gasteiger partial charge is 0.550 e. The van der Waals surface area contributed by atoms with Gasteiger partial charge in [0.2, 0.25) is 0 Å².